The molecule has 1 saturated heterocycles. The molecular formula is C19H37N7OS. The van der Waals surface area contributed by atoms with Gasteiger partial charge in [-0.2, -0.15) is 11.8 Å². The molecule has 2 heterocycles. The first-order valence-corrected chi connectivity index (χ1v) is 11.6. The van der Waals surface area contributed by atoms with Crippen LogP contribution >= 0.6 is 11.8 Å². The van der Waals surface area contributed by atoms with Crippen molar-refractivity contribution in [3.05, 3.63) is 11.6 Å². The first-order valence-electron chi connectivity index (χ1n) is 10.2. The lowest BCUT2D eigenvalue weighted by atomic mass is 10.1. The molecule has 0 unspecified atom stereocenters. The molecule has 1 aliphatic heterocycles. The fraction of sp³-hybridized carbons (Fsp3) is 0.842. The number of piperidine rings is 1. The van der Waals surface area contributed by atoms with Crippen molar-refractivity contribution < 1.29 is 4.74 Å². The molecule has 160 valence electrons. The van der Waals surface area contributed by atoms with Gasteiger partial charge in [0, 0.05) is 53.0 Å². The third kappa shape index (κ3) is 7.97. The highest BCUT2D eigenvalue weighted by molar-refractivity contribution is 7.98. The van der Waals surface area contributed by atoms with Crippen LogP contribution in [-0.2, 0) is 18.3 Å². The Morgan fingerprint density at radius 3 is 2.71 bits per heavy atom. The molecule has 1 aromatic rings. The fourth-order valence-corrected chi connectivity index (χ4v) is 3.67. The standard InChI is InChI=1S/C19H37N7OS/c1-16-23-24-18(25(16)2)15-21-19(20-9-5-14-28-4)22-17-7-11-26(12-8-17)10-6-13-27-3/h17H,5-15H2,1-4H3,(H2,20,21,22). The van der Waals surface area contributed by atoms with E-state index in [2.05, 4.69) is 32.0 Å². The molecule has 0 spiro atoms. The Kier molecular flexibility index (Phi) is 10.7. The minimum atomic E-state index is 0.465. The van der Waals surface area contributed by atoms with E-state index in [-0.39, 0.29) is 0 Å². The molecule has 0 atom stereocenters. The first-order chi connectivity index (χ1) is 13.6. The van der Waals surface area contributed by atoms with E-state index in [1.54, 1.807) is 7.11 Å². The lowest BCUT2D eigenvalue weighted by Crippen LogP contribution is -2.49. The highest BCUT2D eigenvalue weighted by Gasteiger charge is 2.19. The monoisotopic (exact) mass is 411 g/mol. The van der Waals surface area contributed by atoms with Crippen LogP contribution < -0.4 is 10.6 Å². The Balaban J connectivity index is 1.85. The molecule has 2 N–H and O–H groups in total. The topological polar surface area (TPSA) is 79.6 Å². The van der Waals surface area contributed by atoms with Crippen LogP contribution in [-0.4, -0.2) is 83.6 Å². The van der Waals surface area contributed by atoms with Gasteiger partial charge in [0.1, 0.15) is 12.4 Å². The number of hydrogen-bond acceptors (Lipinski definition) is 6. The van der Waals surface area contributed by atoms with Crippen molar-refractivity contribution in [2.45, 2.75) is 45.2 Å². The number of aromatic nitrogens is 3. The summed E-state index contributed by atoms with van der Waals surface area (Å²) in [5.74, 6) is 3.84. The molecule has 1 fully saturated rings. The molecule has 9 heteroatoms. The molecule has 1 aromatic heterocycles. The van der Waals surface area contributed by atoms with E-state index in [4.69, 9.17) is 9.73 Å². The van der Waals surface area contributed by atoms with Crippen LogP contribution in [0.5, 0.6) is 0 Å². The molecule has 28 heavy (non-hydrogen) atoms. The van der Waals surface area contributed by atoms with E-state index < -0.39 is 0 Å². The van der Waals surface area contributed by atoms with Gasteiger partial charge in [-0.1, -0.05) is 0 Å². The normalized spacial score (nSPS) is 16.5. The van der Waals surface area contributed by atoms with Crippen LogP contribution in [0, 0.1) is 6.92 Å². The Hall–Kier alpha value is -1.32. The molecule has 0 aliphatic carbocycles. The number of rotatable bonds is 11. The van der Waals surface area contributed by atoms with E-state index >= 15 is 0 Å². The minimum Gasteiger partial charge on any atom is -0.385 e. The van der Waals surface area contributed by atoms with Crippen molar-refractivity contribution in [2.75, 3.05) is 51.9 Å². The summed E-state index contributed by atoms with van der Waals surface area (Å²) in [5, 5.41) is 15.5. The van der Waals surface area contributed by atoms with Crippen molar-refractivity contribution in [1.29, 1.82) is 0 Å². The van der Waals surface area contributed by atoms with E-state index in [1.165, 1.54) is 0 Å². The molecule has 0 amide bonds. The van der Waals surface area contributed by atoms with Crippen molar-refractivity contribution in [3.63, 3.8) is 0 Å². The zero-order valence-corrected chi connectivity index (χ0v) is 18.7. The second kappa shape index (κ2) is 13.0. The summed E-state index contributed by atoms with van der Waals surface area (Å²) in [6.45, 7) is 7.65. The molecule has 0 bridgehead atoms. The summed E-state index contributed by atoms with van der Waals surface area (Å²) in [6.07, 6.45) is 6.66. The predicted molar refractivity (Wildman–Crippen MR) is 117 cm³/mol. The van der Waals surface area contributed by atoms with Crippen LogP contribution in [0.1, 0.15) is 37.3 Å². The number of guanidine groups is 1. The summed E-state index contributed by atoms with van der Waals surface area (Å²) in [5.41, 5.74) is 0. The molecule has 1 aliphatic rings. The van der Waals surface area contributed by atoms with E-state index in [9.17, 15) is 0 Å². The van der Waals surface area contributed by atoms with E-state index in [0.29, 0.717) is 12.6 Å². The van der Waals surface area contributed by atoms with Crippen LogP contribution in [0.25, 0.3) is 0 Å². The maximum atomic E-state index is 5.16. The number of hydrogen-bond donors (Lipinski definition) is 2. The highest BCUT2D eigenvalue weighted by atomic mass is 32.2. The molecular weight excluding hydrogens is 374 g/mol. The average molecular weight is 412 g/mol. The van der Waals surface area contributed by atoms with Crippen LogP contribution in [0.15, 0.2) is 4.99 Å². The van der Waals surface area contributed by atoms with E-state index in [1.807, 2.05) is 30.3 Å². The Bertz CT molecular complexity index is 585. The highest BCUT2D eigenvalue weighted by Crippen LogP contribution is 2.11. The van der Waals surface area contributed by atoms with Gasteiger partial charge in [-0.25, -0.2) is 4.99 Å². The maximum Gasteiger partial charge on any atom is 0.191 e. The quantitative estimate of drug-likeness (QED) is 0.324. The molecule has 0 aromatic carbocycles. The SMILES string of the molecule is COCCCN1CCC(NC(=NCc2nnc(C)n2C)NCCCSC)CC1. The largest absolute Gasteiger partial charge is 0.385 e. The van der Waals surface area contributed by atoms with Gasteiger partial charge in [0.25, 0.3) is 0 Å². The van der Waals surface area contributed by atoms with Gasteiger partial charge in [0.2, 0.25) is 0 Å². The van der Waals surface area contributed by atoms with Gasteiger partial charge in [0.15, 0.2) is 11.8 Å². The Morgan fingerprint density at radius 1 is 1.29 bits per heavy atom. The van der Waals surface area contributed by atoms with Crippen molar-refractivity contribution in [1.82, 2.24) is 30.3 Å². The zero-order valence-electron chi connectivity index (χ0n) is 17.9. The molecule has 0 saturated carbocycles. The van der Waals surface area contributed by atoms with Crippen LogP contribution in [0.3, 0.4) is 0 Å². The summed E-state index contributed by atoms with van der Waals surface area (Å²) < 4.78 is 7.15. The van der Waals surface area contributed by atoms with Gasteiger partial charge in [-0.15, -0.1) is 10.2 Å². The number of likely N-dealkylation sites (tertiary alicyclic amines) is 1. The Labute approximate surface area is 173 Å². The fourth-order valence-electron chi connectivity index (χ4n) is 3.24. The van der Waals surface area contributed by atoms with Gasteiger partial charge in [-0.05, 0) is 44.6 Å². The van der Waals surface area contributed by atoms with E-state index in [0.717, 1.165) is 81.8 Å². The molecule has 0 radical (unpaired) electrons. The lowest BCUT2D eigenvalue weighted by molar-refractivity contribution is 0.155. The van der Waals surface area contributed by atoms with Gasteiger partial charge < -0.3 is 24.8 Å². The molecule has 2 rings (SSSR count). The van der Waals surface area contributed by atoms with Crippen LogP contribution in [0.2, 0.25) is 0 Å². The third-order valence-corrected chi connectivity index (χ3v) is 5.83. The third-order valence-electron chi connectivity index (χ3n) is 5.13. The number of nitrogens with zero attached hydrogens (tertiary/aromatic N) is 5. The maximum absolute atomic E-state index is 5.16. The second-order valence-corrected chi connectivity index (χ2v) is 8.25. The number of ether oxygens (including phenoxy) is 1. The van der Waals surface area contributed by atoms with Gasteiger partial charge in [-0.3, -0.25) is 0 Å². The lowest BCUT2D eigenvalue weighted by Gasteiger charge is -2.33. The van der Waals surface area contributed by atoms with Gasteiger partial charge in [0.05, 0.1) is 0 Å². The smallest absolute Gasteiger partial charge is 0.191 e. The number of aryl methyl sites for hydroxylation is 1. The predicted octanol–water partition coefficient (Wildman–Crippen LogP) is 1.41. The number of methoxy groups -OCH3 is 1. The number of aliphatic imine (C=N–C) groups is 1. The first kappa shape index (κ1) is 23.0. The van der Waals surface area contributed by atoms with Crippen LogP contribution in [0.4, 0.5) is 0 Å². The summed E-state index contributed by atoms with van der Waals surface area (Å²) >= 11 is 1.88. The van der Waals surface area contributed by atoms with Crippen molar-refractivity contribution in [3.8, 4) is 0 Å². The summed E-state index contributed by atoms with van der Waals surface area (Å²) in [6, 6.07) is 0.465. The molecule has 8 nitrogen and oxygen atoms in total. The zero-order chi connectivity index (χ0) is 20.2. The van der Waals surface area contributed by atoms with Crippen molar-refractivity contribution in [2.24, 2.45) is 12.0 Å². The second-order valence-electron chi connectivity index (χ2n) is 7.27. The average Bonchev–Trinajstić information content (AvgIpc) is 3.02. The number of thioether (sulfide) groups is 1. The Morgan fingerprint density at radius 2 is 2.07 bits per heavy atom. The van der Waals surface area contributed by atoms with Crippen molar-refractivity contribution >= 4 is 17.7 Å². The van der Waals surface area contributed by atoms with Gasteiger partial charge >= 0.3 is 0 Å². The summed E-state index contributed by atoms with van der Waals surface area (Å²) in [7, 11) is 3.75. The number of nitrogens with one attached hydrogen (secondary N) is 2. The minimum absolute atomic E-state index is 0.465. The summed E-state index contributed by atoms with van der Waals surface area (Å²) in [4.78, 5) is 7.30.